The van der Waals surface area contributed by atoms with Crippen LogP contribution in [0, 0.1) is 0 Å². The van der Waals surface area contributed by atoms with E-state index < -0.39 is 31.8 Å². The van der Waals surface area contributed by atoms with Crippen molar-refractivity contribution >= 4 is 32.7 Å². The van der Waals surface area contributed by atoms with Crippen molar-refractivity contribution in [3.8, 4) is 0 Å². The standard InChI is InChI=1S/C14H9F3N4O3S/c15-14(16,17)25(23,24)12-8(4-3-7-18-12)11(22)21-13-19-9-5-1-2-6-10(9)20-13/h1-7H,(H2,19,20,21,22). The van der Waals surface area contributed by atoms with Crippen LogP contribution >= 0.6 is 0 Å². The van der Waals surface area contributed by atoms with Crippen LogP contribution in [-0.2, 0) is 9.84 Å². The van der Waals surface area contributed by atoms with Crippen LogP contribution in [0.15, 0.2) is 47.6 Å². The Morgan fingerprint density at radius 3 is 2.52 bits per heavy atom. The number of nitrogens with one attached hydrogen (secondary N) is 2. The molecule has 2 N–H and O–H groups in total. The number of aromatic nitrogens is 3. The number of nitrogens with zero attached hydrogens (tertiary/aromatic N) is 2. The summed E-state index contributed by atoms with van der Waals surface area (Å²) >= 11 is 0. The Hall–Kier alpha value is -2.95. The highest BCUT2D eigenvalue weighted by Crippen LogP contribution is 2.31. The molecule has 7 nitrogen and oxygen atoms in total. The highest BCUT2D eigenvalue weighted by Gasteiger charge is 2.49. The SMILES string of the molecule is O=C(Nc1nc2ccccc2[nH]1)c1cccnc1S(=O)(=O)C(F)(F)F. The fourth-order valence-corrected chi connectivity index (χ4v) is 2.94. The first-order valence-corrected chi connectivity index (χ1v) is 8.21. The molecule has 0 aliphatic carbocycles. The molecule has 11 heteroatoms. The Kier molecular flexibility index (Phi) is 3.95. The summed E-state index contributed by atoms with van der Waals surface area (Å²) in [7, 11) is -5.77. The molecule has 0 unspecified atom stereocenters. The number of pyridine rings is 1. The summed E-state index contributed by atoms with van der Waals surface area (Å²) in [6, 6.07) is 8.87. The molecule has 3 aromatic rings. The molecule has 130 valence electrons. The molecule has 0 spiro atoms. The second-order valence-corrected chi connectivity index (χ2v) is 6.72. The third kappa shape index (κ3) is 3.05. The van der Waals surface area contributed by atoms with Gasteiger partial charge in [-0.15, -0.1) is 0 Å². The summed E-state index contributed by atoms with van der Waals surface area (Å²) in [4.78, 5) is 22.3. The number of imidazole rings is 1. The molecule has 0 bridgehead atoms. The van der Waals surface area contributed by atoms with Gasteiger partial charge < -0.3 is 4.98 Å². The number of hydrogen-bond acceptors (Lipinski definition) is 5. The lowest BCUT2D eigenvalue weighted by Crippen LogP contribution is -2.27. The number of benzene rings is 1. The number of rotatable bonds is 3. The Morgan fingerprint density at radius 2 is 1.84 bits per heavy atom. The first kappa shape index (κ1) is 16.9. The van der Waals surface area contributed by atoms with E-state index >= 15 is 0 Å². The van der Waals surface area contributed by atoms with E-state index in [1.165, 1.54) is 0 Å². The summed E-state index contributed by atoms with van der Waals surface area (Å²) in [5.41, 5.74) is -5.20. The molecule has 25 heavy (non-hydrogen) atoms. The number of fused-ring (bicyclic) bond motifs is 1. The molecule has 0 saturated heterocycles. The number of aromatic amines is 1. The fourth-order valence-electron chi connectivity index (χ4n) is 2.07. The van der Waals surface area contributed by atoms with Gasteiger partial charge in [-0.1, -0.05) is 12.1 Å². The van der Waals surface area contributed by atoms with Crippen molar-refractivity contribution in [2.45, 2.75) is 10.5 Å². The van der Waals surface area contributed by atoms with Crippen LogP contribution in [0.5, 0.6) is 0 Å². The Bertz CT molecular complexity index is 1030. The van der Waals surface area contributed by atoms with Crippen LogP contribution in [-0.4, -0.2) is 34.8 Å². The molecule has 0 atom stereocenters. The molecule has 2 aromatic heterocycles. The van der Waals surface area contributed by atoms with Gasteiger partial charge in [0.2, 0.25) is 5.95 Å². The van der Waals surface area contributed by atoms with E-state index in [0.29, 0.717) is 11.0 Å². The first-order valence-electron chi connectivity index (χ1n) is 6.72. The van der Waals surface area contributed by atoms with Gasteiger partial charge in [-0.05, 0) is 24.3 Å². The highest BCUT2D eigenvalue weighted by molar-refractivity contribution is 7.92. The van der Waals surface area contributed by atoms with Crippen molar-refractivity contribution in [1.82, 2.24) is 15.0 Å². The number of hydrogen-bond donors (Lipinski definition) is 2. The first-order chi connectivity index (χ1) is 11.7. The van der Waals surface area contributed by atoms with E-state index in [1.54, 1.807) is 24.3 Å². The van der Waals surface area contributed by atoms with Gasteiger partial charge in [0.25, 0.3) is 15.7 Å². The number of halogens is 3. The van der Waals surface area contributed by atoms with Crippen LogP contribution < -0.4 is 5.32 Å². The van der Waals surface area contributed by atoms with Gasteiger partial charge in [0.15, 0.2) is 5.03 Å². The minimum atomic E-state index is -5.77. The lowest BCUT2D eigenvalue weighted by atomic mass is 10.3. The molecule has 0 fully saturated rings. The van der Waals surface area contributed by atoms with Gasteiger partial charge in [-0.25, -0.2) is 18.4 Å². The summed E-state index contributed by atoms with van der Waals surface area (Å²) in [5.74, 6) is -1.12. The zero-order valence-corrected chi connectivity index (χ0v) is 13.0. The Morgan fingerprint density at radius 1 is 1.12 bits per heavy atom. The third-order valence-corrected chi connectivity index (χ3v) is 4.64. The average Bonchev–Trinajstić information content (AvgIpc) is 2.96. The molecule has 1 aromatic carbocycles. The van der Waals surface area contributed by atoms with Crippen molar-refractivity contribution in [1.29, 1.82) is 0 Å². The number of sulfone groups is 1. The lowest BCUT2D eigenvalue weighted by molar-refractivity contribution is -0.0438. The van der Waals surface area contributed by atoms with Crippen molar-refractivity contribution in [3.63, 3.8) is 0 Å². The topological polar surface area (TPSA) is 105 Å². The van der Waals surface area contributed by atoms with Gasteiger partial charge >= 0.3 is 5.51 Å². The van der Waals surface area contributed by atoms with Gasteiger partial charge in [0.05, 0.1) is 16.6 Å². The van der Waals surface area contributed by atoms with Crippen LogP contribution in [0.25, 0.3) is 11.0 Å². The summed E-state index contributed by atoms with van der Waals surface area (Å²) in [6.45, 7) is 0. The predicted molar refractivity (Wildman–Crippen MR) is 81.5 cm³/mol. The molecule has 0 aliphatic heterocycles. The summed E-state index contributed by atoms with van der Waals surface area (Å²) in [5, 5.41) is 0.869. The largest absolute Gasteiger partial charge is 0.503 e. The maximum Gasteiger partial charge on any atom is 0.503 e. The van der Waals surface area contributed by atoms with E-state index in [4.69, 9.17) is 0 Å². The lowest BCUT2D eigenvalue weighted by Gasteiger charge is -2.10. The maximum atomic E-state index is 12.8. The van der Waals surface area contributed by atoms with E-state index in [1.807, 2.05) is 0 Å². The molecule has 1 amide bonds. The average molecular weight is 370 g/mol. The van der Waals surface area contributed by atoms with E-state index in [0.717, 1.165) is 18.3 Å². The zero-order chi connectivity index (χ0) is 18.2. The van der Waals surface area contributed by atoms with Crippen molar-refractivity contribution in [2.24, 2.45) is 0 Å². The van der Waals surface area contributed by atoms with Gasteiger partial charge in [0, 0.05) is 6.20 Å². The Balaban J connectivity index is 1.98. The number of alkyl halides is 3. The second kappa shape index (κ2) is 5.84. The highest BCUT2D eigenvalue weighted by atomic mass is 32.2. The predicted octanol–water partition coefficient (Wildman–Crippen LogP) is 2.50. The normalized spacial score (nSPS) is 12.3. The number of para-hydroxylation sites is 2. The molecule has 0 radical (unpaired) electrons. The number of anilines is 1. The van der Waals surface area contributed by atoms with Crippen LogP contribution in [0.2, 0.25) is 0 Å². The van der Waals surface area contributed by atoms with E-state index in [-0.39, 0.29) is 5.95 Å². The number of amides is 1. The molecular weight excluding hydrogens is 361 g/mol. The smallest absolute Gasteiger partial charge is 0.324 e. The van der Waals surface area contributed by atoms with E-state index in [2.05, 4.69) is 20.3 Å². The monoisotopic (exact) mass is 370 g/mol. The van der Waals surface area contributed by atoms with E-state index in [9.17, 15) is 26.4 Å². The van der Waals surface area contributed by atoms with Gasteiger partial charge in [0.1, 0.15) is 0 Å². The second-order valence-electron chi connectivity index (χ2n) is 4.86. The maximum absolute atomic E-state index is 12.8. The summed E-state index contributed by atoms with van der Waals surface area (Å²) in [6.07, 6.45) is 0.858. The fraction of sp³-hybridized carbons (Fsp3) is 0.0714. The summed E-state index contributed by atoms with van der Waals surface area (Å²) < 4.78 is 61.4. The third-order valence-electron chi connectivity index (χ3n) is 3.20. The minimum Gasteiger partial charge on any atom is -0.324 e. The molecule has 0 saturated carbocycles. The number of H-pyrrole nitrogens is 1. The van der Waals surface area contributed by atoms with Crippen molar-refractivity contribution in [3.05, 3.63) is 48.2 Å². The van der Waals surface area contributed by atoms with Crippen molar-refractivity contribution in [2.75, 3.05) is 5.32 Å². The van der Waals surface area contributed by atoms with Gasteiger partial charge in [-0.2, -0.15) is 13.2 Å². The minimum absolute atomic E-state index is 0.0367. The molecular formula is C14H9F3N4O3S. The molecule has 2 heterocycles. The number of carbonyl (C=O) groups excluding carboxylic acids is 1. The van der Waals surface area contributed by atoms with Crippen molar-refractivity contribution < 1.29 is 26.4 Å². The molecule has 3 rings (SSSR count). The van der Waals surface area contributed by atoms with Crippen LogP contribution in [0.1, 0.15) is 10.4 Å². The quantitative estimate of drug-likeness (QED) is 0.737. The van der Waals surface area contributed by atoms with Gasteiger partial charge in [-0.3, -0.25) is 10.1 Å². The Labute approximate surface area is 138 Å². The van der Waals surface area contributed by atoms with Crippen LogP contribution in [0.3, 0.4) is 0 Å². The zero-order valence-electron chi connectivity index (χ0n) is 12.2. The molecule has 0 aliphatic rings. The number of carbonyl (C=O) groups is 1. The van der Waals surface area contributed by atoms with Crippen LogP contribution in [0.4, 0.5) is 19.1 Å².